The lowest BCUT2D eigenvalue weighted by Gasteiger charge is -2.16. The largest absolute Gasteiger partial charge is 0.497 e. The number of Topliss-reactive ketones (excluding diaryl/α,β-unsaturated/α-hetero) is 1. The number of carbonyl (C=O) groups excluding carboxylic acids is 2. The van der Waals surface area contributed by atoms with E-state index in [0.29, 0.717) is 23.5 Å². The van der Waals surface area contributed by atoms with Gasteiger partial charge in [-0.1, -0.05) is 12.8 Å². The van der Waals surface area contributed by atoms with Crippen LogP contribution in [0, 0.1) is 5.92 Å². The topological polar surface area (TPSA) is 46.6 Å². The molecule has 0 N–H and O–H groups in total. The van der Waals surface area contributed by atoms with Crippen LogP contribution in [-0.2, 0) is 4.79 Å². The summed E-state index contributed by atoms with van der Waals surface area (Å²) in [5, 5.41) is 0. The van der Waals surface area contributed by atoms with Gasteiger partial charge in [0.25, 0.3) is 11.7 Å². The molecular formula is C14H15NO3. The van der Waals surface area contributed by atoms with Gasteiger partial charge >= 0.3 is 0 Å². The zero-order valence-corrected chi connectivity index (χ0v) is 10.3. The van der Waals surface area contributed by atoms with Crippen molar-refractivity contribution < 1.29 is 14.3 Å². The molecule has 1 aliphatic carbocycles. The Balaban J connectivity index is 1.90. The van der Waals surface area contributed by atoms with Crippen LogP contribution in [0.25, 0.3) is 0 Å². The fourth-order valence-corrected chi connectivity index (χ4v) is 2.34. The summed E-state index contributed by atoms with van der Waals surface area (Å²) in [7, 11) is 1.58. The SMILES string of the molecule is COc1ccc2c(c1)N(CCC1CC1)C(=O)C2=O. The van der Waals surface area contributed by atoms with Gasteiger partial charge in [-0.15, -0.1) is 0 Å². The van der Waals surface area contributed by atoms with Crippen LogP contribution >= 0.6 is 0 Å². The quantitative estimate of drug-likeness (QED) is 0.762. The predicted octanol–water partition coefficient (Wildman–Crippen LogP) is 2.02. The Hall–Kier alpha value is -1.84. The Labute approximate surface area is 106 Å². The van der Waals surface area contributed by atoms with E-state index in [0.717, 1.165) is 12.3 Å². The maximum atomic E-state index is 11.9. The molecule has 1 aliphatic heterocycles. The highest BCUT2D eigenvalue weighted by atomic mass is 16.5. The van der Waals surface area contributed by atoms with E-state index in [1.807, 2.05) is 0 Å². The molecule has 3 rings (SSSR count). The molecule has 1 aromatic rings. The zero-order chi connectivity index (χ0) is 12.7. The number of hydrogen-bond donors (Lipinski definition) is 0. The molecule has 1 fully saturated rings. The molecule has 4 heteroatoms. The van der Waals surface area contributed by atoms with Gasteiger partial charge in [0.1, 0.15) is 5.75 Å². The molecule has 0 atom stereocenters. The number of amides is 1. The first-order valence-corrected chi connectivity index (χ1v) is 6.25. The number of ketones is 1. The van der Waals surface area contributed by atoms with E-state index in [4.69, 9.17) is 4.74 Å². The molecular weight excluding hydrogens is 230 g/mol. The summed E-state index contributed by atoms with van der Waals surface area (Å²) in [5.74, 6) is 0.609. The van der Waals surface area contributed by atoms with Gasteiger partial charge in [0.15, 0.2) is 0 Å². The van der Waals surface area contributed by atoms with Gasteiger partial charge < -0.3 is 9.64 Å². The van der Waals surface area contributed by atoms with Crippen LogP contribution in [0.15, 0.2) is 18.2 Å². The predicted molar refractivity (Wildman–Crippen MR) is 67.0 cm³/mol. The Morgan fingerprint density at radius 2 is 2.11 bits per heavy atom. The minimum Gasteiger partial charge on any atom is -0.497 e. The first-order valence-electron chi connectivity index (χ1n) is 6.25. The van der Waals surface area contributed by atoms with E-state index in [1.165, 1.54) is 12.8 Å². The smallest absolute Gasteiger partial charge is 0.299 e. The molecule has 94 valence electrons. The second-order valence-corrected chi connectivity index (χ2v) is 4.90. The van der Waals surface area contributed by atoms with Crippen molar-refractivity contribution in [3.05, 3.63) is 23.8 Å². The number of ether oxygens (including phenoxy) is 1. The lowest BCUT2D eigenvalue weighted by atomic mass is 10.1. The van der Waals surface area contributed by atoms with E-state index >= 15 is 0 Å². The zero-order valence-electron chi connectivity index (χ0n) is 10.3. The highest BCUT2D eigenvalue weighted by Crippen LogP contribution is 2.36. The summed E-state index contributed by atoms with van der Waals surface area (Å²) in [4.78, 5) is 25.4. The summed E-state index contributed by atoms with van der Waals surface area (Å²) < 4.78 is 5.15. The first-order chi connectivity index (χ1) is 8.70. The van der Waals surface area contributed by atoms with E-state index < -0.39 is 11.7 Å². The summed E-state index contributed by atoms with van der Waals surface area (Å²) in [6.45, 7) is 0.634. The van der Waals surface area contributed by atoms with E-state index in [2.05, 4.69) is 0 Å². The summed E-state index contributed by atoms with van der Waals surface area (Å²) >= 11 is 0. The number of benzene rings is 1. The molecule has 4 nitrogen and oxygen atoms in total. The standard InChI is InChI=1S/C14H15NO3/c1-18-10-4-5-11-12(8-10)15(14(17)13(11)16)7-6-9-2-3-9/h4-5,8-9H,2-3,6-7H2,1H3. The molecule has 1 heterocycles. The molecule has 0 unspecified atom stereocenters. The van der Waals surface area contributed by atoms with Crippen molar-refractivity contribution in [1.82, 2.24) is 0 Å². The average Bonchev–Trinajstić information content (AvgIpc) is 3.18. The number of anilines is 1. The normalized spacial score (nSPS) is 18.2. The van der Waals surface area contributed by atoms with Crippen LogP contribution in [0.4, 0.5) is 5.69 Å². The molecule has 0 bridgehead atoms. The van der Waals surface area contributed by atoms with Crippen molar-refractivity contribution >= 4 is 17.4 Å². The molecule has 0 saturated heterocycles. The van der Waals surface area contributed by atoms with Gasteiger partial charge in [-0.05, 0) is 24.5 Å². The minimum absolute atomic E-state index is 0.400. The lowest BCUT2D eigenvalue weighted by molar-refractivity contribution is -0.114. The average molecular weight is 245 g/mol. The molecule has 0 aromatic heterocycles. The van der Waals surface area contributed by atoms with Crippen LogP contribution in [0.3, 0.4) is 0 Å². The van der Waals surface area contributed by atoms with Crippen LogP contribution in [-0.4, -0.2) is 25.3 Å². The number of fused-ring (bicyclic) bond motifs is 1. The number of rotatable bonds is 4. The van der Waals surface area contributed by atoms with E-state index in [-0.39, 0.29) is 0 Å². The molecule has 1 amide bonds. The molecule has 1 aromatic carbocycles. The number of carbonyl (C=O) groups is 2. The fourth-order valence-electron chi connectivity index (χ4n) is 2.34. The summed E-state index contributed by atoms with van der Waals surface area (Å²) in [6.07, 6.45) is 3.48. The van der Waals surface area contributed by atoms with Gasteiger partial charge in [-0.25, -0.2) is 0 Å². The maximum Gasteiger partial charge on any atom is 0.299 e. The molecule has 1 saturated carbocycles. The third-order valence-electron chi connectivity index (χ3n) is 3.64. The Bertz CT molecular complexity index is 520. The van der Waals surface area contributed by atoms with Crippen molar-refractivity contribution in [3.8, 4) is 5.75 Å². The van der Waals surface area contributed by atoms with Crippen molar-refractivity contribution in [2.45, 2.75) is 19.3 Å². The van der Waals surface area contributed by atoms with Crippen molar-refractivity contribution in [1.29, 1.82) is 0 Å². The third-order valence-corrected chi connectivity index (χ3v) is 3.64. The number of hydrogen-bond acceptors (Lipinski definition) is 3. The van der Waals surface area contributed by atoms with Gasteiger partial charge in [0.2, 0.25) is 0 Å². The van der Waals surface area contributed by atoms with Crippen LogP contribution in [0.2, 0.25) is 0 Å². The Morgan fingerprint density at radius 3 is 2.78 bits per heavy atom. The van der Waals surface area contributed by atoms with Crippen LogP contribution < -0.4 is 9.64 Å². The van der Waals surface area contributed by atoms with Crippen LogP contribution in [0.5, 0.6) is 5.75 Å². The molecule has 18 heavy (non-hydrogen) atoms. The van der Waals surface area contributed by atoms with Gasteiger partial charge in [-0.2, -0.15) is 0 Å². The van der Waals surface area contributed by atoms with E-state index in [1.54, 1.807) is 30.2 Å². The third kappa shape index (κ3) is 1.78. The highest BCUT2D eigenvalue weighted by Gasteiger charge is 2.36. The van der Waals surface area contributed by atoms with Crippen molar-refractivity contribution in [3.63, 3.8) is 0 Å². The Kier molecular flexibility index (Phi) is 2.58. The van der Waals surface area contributed by atoms with Gasteiger partial charge in [0.05, 0.1) is 18.4 Å². The fraction of sp³-hybridized carbons (Fsp3) is 0.429. The lowest BCUT2D eigenvalue weighted by Crippen LogP contribution is -2.30. The van der Waals surface area contributed by atoms with Gasteiger partial charge in [0, 0.05) is 12.6 Å². The minimum atomic E-state index is -0.404. The highest BCUT2D eigenvalue weighted by molar-refractivity contribution is 6.52. The summed E-state index contributed by atoms with van der Waals surface area (Å²) in [5.41, 5.74) is 1.20. The van der Waals surface area contributed by atoms with Crippen LogP contribution in [0.1, 0.15) is 29.6 Å². The second-order valence-electron chi connectivity index (χ2n) is 4.90. The summed E-state index contributed by atoms with van der Waals surface area (Å²) in [6, 6.07) is 5.16. The number of nitrogens with zero attached hydrogens (tertiary/aromatic N) is 1. The molecule has 0 spiro atoms. The second kappa shape index (κ2) is 4.12. The Morgan fingerprint density at radius 1 is 1.33 bits per heavy atom. The van der Waals surface area contributed by atoms with Crippen molar-refractivity contribution in [2.75, 3.05) is 18.6 Å². The monoisotopic (exact) mass is 245 g/mol. The van der Waals surface area contributed by atoms with Crippen molar-refractivity contribution in [2.24, 2.45) is 5.92 Å². The van der Waals surface area contributed by atoms with E-state index in [9.17, 15) is 9.59 Å². The van der Waals surface area contributed by atoms with Gasteiger partial charge in [-0.3, -0.25) is 9.59 Å². The maximum absolute atomic E-state index is 11.9. The first kappa shape index (κ1) is 11.3. The molecule has 0 radical (unpaired) electrons. The molecule has 2 aliphatic rings. The number of methoxy groups -OCH3 is 1.